The van der Waals surface area contributed by atoms with Crippen LogP contribution in [-0.4, -0.2) is 20.7 Å². The number of anilines is 1. The van der Waals surface area contributed by atoms with Crippen molar-refractivity contribution in [2.75, 3.05) is 5.32 Å². The number of rotatable bonds is 4. The van der Waals surface area contributed by atoms with Crippen LogP contribution in [0, 0.1) is 6.92 Å². The Morgan fingerprint density at radius 3 is 2.61 bits per heavy atom. The summed E-state index contributed by atoms with van der Waals surface area (Å²) in [5.41, 5.74) is -0.517. The van der Waals surface area contributed by atoms with Crippen LogP contribution in [0.15, 0.2) is 33.9 Å². The van der Waals surface area contributed by atoms with Crippen molar-refractivity contribution in [1.82, 2.24) is 14.5 Å². The van der Waals surface area contributed by atoms with Gasteiger partial charge in [-0.2, -0.15) is 18.2 Å². The van der Waals surface area contributed by atoms with E-state index < -0.39 is 24.1 Å². The average molecular weight is 328 g/mol. The zero-order valence-electron chi connectivity index (χ0n) is 12.4. The third-order valence-electron chi connectivity index (χ3n) is 3.14. The lowest BCUT2D eigenvalue weighted by Gasteiger charge is -2.15. The van der Waals surface area contributed by atoms with Gasteiger partial charge in [-0.3, -0.25) is 4.98 Å². The summed E-state index contributed by atoms with van der Waals surface area (Å²) in [6.45, 7) is 2.01. The predicted octanol–water partition coefficient (Wildman–Crippen LogP) is 1.98. The minimum Gasteiger partial charge on any atom is -0.349 e. The van der Waals surface area contributed by atoms with Gasteiger partial charge in [-0.15, -0.1) is 0 Å². The molecule has 1 aromatic heterocycles. The summed E-state index contributed by atoms with van der Waals surface area (Å²) >= 11 is 0. The van der Waals surface area contributed by atoms with Gasteiger partial charge < -0.3 is 5.32 Å². The second-order valence-electron chi connectivity index (χ2n) is 5.15. The highest BCUT2D eigenvalue weighted by Crippen LogP contribution is 2.17. The maximum absolute atomic E-state index is 12.3. The van der Waals surface area contributed by atoms with E-state index in [-0.39, 0.29) is 16.6 Å². The van der Waals surface area contributed by atoms with Gasteiger partial charge in [0, 0.05) is 0 Å². The minimum absolute atomic E-state index is 0.00249. The maximum Gasteiger partial charge on any atom is 0.406 e. The van der Waals surface area contributed by atoms with Crippen molar-refractivity contribution in [3.8, 4) is 0 Å². The van der Waals surface area contributed by atoms with Crippen LogP contribution in [0.2, 0.25) is 0 Å². The van der Waals surface area contributed by atoms with Gasteiger partial charge in [-0.1, -0.05) is 29.8 Å². The standard InChI is InChI=1S/C14H15F3N4O2/c1-8-4-3-5-10(6-8)9(2)18-11-19-12(22)21(13(23)20-11)7-14(15,16)17/h3-6,9H,7H2,1-2H3,(H2,18,19,20,22,23)/t9-/m0/s1. The Labute approximate surface area is 129 Å². The highest BCUT2D eigenvalue weighted by molar-refractivity contribution is 5.32. The summed E-state index contributed by atoms with van der Waals surface area (Å²) in [6, 6.07) is 7.21. The summed E-state index contributed by atoms with van der Waals surface area (Å²) < 4.78 is 36.9. The monoisotopic (exact) mass is 328 g/mol. The molecule has 1 atom stereocenters. The molecule has 0 saturated heterocycles. The molecule has 0 amide bonds. The van der Waals surface area contributed by atoms with Gasteiger partial charge in [0.1, 0.15) is 6.54 Å². The number of aryl methyl sites for hydroxylation is 1. The van der Waals surface area contributed by atoms with Crippen molar-refractivity contribution in [2.24, 2.45) is 0 Å². The second kappa shape index (κ2) is 6.27. The Morgan fingerprint density at radius 2 is 2.04 bits per heavy atom. The van der Waals surface area contributed by atoms with E-state index >= 15 is 0 Å². The molecule has 0 saturated carbocycles. The number of H-pyrrole nitrogens is 1. The summed E-state index contributed by atoms with van der Waals surface area (Å²) in [7, 11) is 0. The number of nitrogens with one attached hydrogen (secondary N) is 2. The number of nitrogens with zero attached hydrogens (tertiary/aromatic N) is 2. The van der Waals surface area contributed by atoms with Gasteiger partial charge in [0.05, 0.1) is 6.04 Å². The van der Waals surface area contributed by atoms with Crippen LogP contribution in [0.1, 0.15) is 24.1 Å². The SMILES string of the molecule is Cc1cccc([C@H](C)Nc2nc(=O)n(CC(F)(F)F)c(=O)[nH]2)c1. The molecule has 2 aromatic rings. The summed E-state index contributed by atoms with van der Waals surface area (Å²) in [4.78, 5) is 28.8. The zero-order valence-corrected chi connectivity index (χ0v) is 12.4. The molecule has 0 aliphatic rings. The molecule has 23 heavy (non-hydrogen) atoms. The highest BCUT2D eigenvalue weighted by Gasteiger charge is 2.30. The van der Waals surface area contributed by atoms with Crippen molar-refractivity contribution < 1.29 is 13.2 Å². The zero-order chi connectivity index (χ0) is 17.2. The lowest BCUT2D eigenvalue weighted by molar-refractivity contribution is -0.142. The van der Waals surface area contributed by atoms with Crippen LogP contribution in [0.4, 0.5) is 19.1 Å². The molecular weight excluding hydrogens is 313 g/mol. The van der Waals surface area contributed by atoms with Crippen molar-refractivity contribution in [3.05, 3.63) is 56.4 Å². The third kappa shape index (κ3) is 4.44. The second-order valence-corrected chi connectivity index (χ2v) is 5.15. The number of hydrogen-bond acceptors (Lipinski definition) is 4. The molecule has 0 bridgehead atoms. The Kier molecular flexibility index (Phi) is 4.57. The van der Waals surface area contributed by atoms with Crippen LogP contribution in [0.5, 0.6) is 0 Å². The molecule has 0 unspecified atom stereocenters. The molecule has 1 aromatic carbocycles. The number of aromatic nitrogens is 3. The number of alkyl halides is 3. The molecule has 124 valence electrons. The van der Waals surface area contributed by atoms with Crippen LogP contribution in [-0.2, 0) is 6.54 Å². The van der Waals surface area contributed by atoms with E-state index in [1.54, 1.807) is 6.92 Å². The van der Waals surface area contributed by atoms with Crippen LogP contribution in [0.3, 0.4) is 0 Å². The third-order valence-corrected chi connectivity index (χ3v) is 3.14. The van der Waals surface area contributed by atoms with Gasteiger partial charge in [-0.05, 0) is 19.4 Å². The largest absolute Gasteiger partial charge is 0.406 e. The molecule has 0 aliphatic carbocycles. The van der Waals surface area contributed by atoms with E-state index in [1.165, 1.54) is 0 Å². The first-order valence-corrected chi connectivity index (χ1v) is 6.77. The van der Waals surface area contributed by atoms with Gasteiger partial charge in [-0.25, -0.2) is 14.2 Å². The van der Waals surface area contributed by atoms with Crippen LogP contribution < -0.4 is 16.7 Å². The van der Waals surface area contributed by atoms with Crippen LogP contribution in [0.25, 0.3) is 0 Å². The molecule has 9 heteroatoms. The first-order valence-electron chi connectivity index (χ1n) is 6.77. The minimum atomic E-state index is -4.68. The number of aromatic amines is 1. The van der Waals surface area contributed by atoms with E-state index in [0.29, 0.717) is 0 Å². The van der Waals surface area contributed by atoms with Gasteiger partial charge in [0.25, 0.3) is 0 Å². The van der Waals surface area contributed by atoms with Gasteiger partial charge in [0.15, 0.2) is 0 Å². The quantitative estimate of drug-likeness (QED) is 0.899. The molecule has 0 aliphatic heterocycles. The number of benzene rings is 1. The molecule has 1 heterocycles. The first kappa shape index (κ1) is 16.8. The number of halogens is 3. The molecule has 2 rings (SSSR count). The lowest BCUT2D eigenvalue weighted by Crippen LogP contribution is -2.41. The van der Waals surface area contributed by atoms with Gasteiger partial charge in [0.2, 0.25) is 5.95 Å². The van der Waals surface area contributed by atoms with E-state index in [4.69, 9.17) is 0 Å². The molecule has 0 spiro atoms. The number of hydrogen-bond donors (Lipinski definition) is 2. The Balaban J connectivity index is 2.25. The van der Waals surface area contributed by atoms with Crippen molar-refractivity contribution >= 4 is 5.95 Å². The normalized spacial score (nSPS) is 12.9. The summed E-state index contributed by atoms with van der Waals surface area (Å²) in [6.07, 6.45) is -4.68. The molecule has 0 radical (unpaired) electrons. The molecule has 6 nitrogen and oxygen atoms in total. The topological polar surface area (TPSA) is 79.8 Å². The van der Waals surface area contributed by atoms with Gasteiger partial charge >= 0.3 is 17.6 Å². The Morgan fingerprint density at radius 1 is 1.35 bits per heavy atom. The molecular formula is C14H15F3N4O2. The average Bonchev–Trinajstić information content (AvgIpc) is 2.42. The molecule has 2 N–H and O–H groups in total. The fraction of sp³-hybridized carbons (Fsp3) is 0.357. The van der Waals surface area contributed by atoms with Crippen molar-refractivity contribution in [3.63, 3.8) is 0 Å². The summed E-state index contributed by atoms with van der Waals surface area (Å²) in [5.74, 6) is -0.174. The summed E-state index contributed by atoms with van der Waals surface area (Å²) in [5, 5.41) is 2.80. The van der Waals surface area contributed by atoms with E-state index in [0.717, 1.165) is 11.1 Å². The maximum atomic E-state index is 12.3. The van der Waals surface area contributed by atoms with Crippen LogP contribution >= 0.6 is 0 Å². The predicted molar refractivity (Wildman–Crippen MR) is 78.4 cm³/mol. The smallest absolute Gasteiger partial charge is 0.349 e. The Hall–Kier alpha value is -2.58. The van der Waals surface area contributed by atoms with E-state index in [9.17, 15) is 22.8 Å². The fourth-order valence-corrected chi connectivity index (χ4v) is 2.05. The first-order chi connectivity index (χ1) is 10.7. The van der Waals surface area contributed by atoms with Crippen molar-refractivity contribution in [1.29, 1.82) is 0 Å². The Bertz CT molecular complexity index is 779. The van der Waals surface area contributed by atoms with E-state index in [2.05, 4.69) is 15.3 Å². The van der Waals surface area contributed by atoms with E-state index in [1.807, 2.05) is 31.2 Å². The molecule has 0 fully saturated rings. The van der Waals surface area contributed by atoms with Crippen molar-refractivity contribution in [2.45, 2.75) is 32.6 Å². The highest BCUT2D eigenvalue weighted by atomic mass is 19.4. The lowest BCUT2D eigenvalue weighted by atomic mass is 10.1. The fourth-order valence-electron chi connectivity index (χ4n) is 2.05.